The molecule has 6 nitrogen and oxygen atoms in total. The fourth-order valence-corrected chi connectivity index (χ4v) is 3.50. The summed E-state index contributed by atoms with van der Waals surface area (Å²) in [5, 5.41) is 13.3. The Morgan fingerprint density at radius 3 is 2.74 bits per heavy atom. The SMILES string of the molecule is CCCN(CC(=O)NC(C)c1ccccc1)Cc1nnc(-c2cccs2)o1. The summed E-state index contributed by atoms with van der Waals surface area (Å²) in [6.07, 6.45) is 0.938. The number of nitrogens with zero attached hydrogens (tertiary/aromatic N) is 3. The second-order valence-electron chi connectivity index (χ2n) is 6.39. The Hall–Kier alpha value is -2.51. The lowest BCUT2D eigenvalue weighted by Gasteiger charge is -2.21. The van der Waals surface area contributed by atoms with E-state index in [-0.39, 0.29) is 11.9 Å². The van der Waals surface area contributed by atoms with Gasteiger partial charge in [0.2, 0.25) is 11.8 Å². The van der Waals surface area contributed by atoms with Crippen LogP contribution in [0.2, 0.25) is 0 Å². The molecule has 1 atom stereocenters. The van der Waals surface area contributed by atoms with Crippen molar-refractivity contribution >= 4 is 17.2 Å². The van der Waals surface area contributed by atoms with Gasteiger partial charge in [-0.2, -0.15) is 0 Å². The summed E-state index contributed by atoms with van der Waals surface area (Å²) in [5.74, 6) is 1.03. The summed E-state index contributed by atoms with van der Waals surface area (Å²) >= 11 is 1.56. The van der Waals surface area contributed by atoms with Crippen LogP contribution in [0.15, 0.2) is 52.3 Å². The zero-order chi connectivity index (χ0) is 19.1. The van der Waals surface area contributed by atoms with E-state index in [0.29, 0.717) is 24.9 Å². The Kier molecular flexibility index (Phi) is 6.73. The molecule has 27 heavy (non-hydrogen) atoms. The standard InChI is InChI=1S/C20H24N4O2S/c1-3-11-24(13-18(25)21-15(2)16-8-5-4-6-9-16)14-19-22-23-20(26-19)17-10-7-12-27-17/h4-10,12,15H,3,11,13-14H2,1-2H3,(H,21,25). The van der Waals surface area contributed by atoms with E-state index in [0.717, 1.165) is 23.4 Å². The van der Waals surface area contributed by atoms with Crippen LogP contribution in [0.25, 0.3) is 10.8 Å². The molecule has 0 aliphatic carbocycles. The van der Waals surface area contributed by atoms with Crippen molar-refractivity contribution in [3.05, 3.63) is 59.3 Å². The van der Waals surface area contributed by atoms with Gasteiger partial charge in [-0.25, -0.2) is 0 Å². The number of hydrogen-bond donors (Lipinski definition) is 1. The summed E-state index contributed by atoms with van der Waals surface area (Å²) in [6.45, 7) is 5.61. The van der Waals surface area contributed by atoms with E-state index in [1.165, 1.54) is 0 Å². The van der Waals surface area contributed by atoms with Gasteiger partial charge in [-0.15, -0.1) is 21.5 Å². The summed E-state index contributed by atoms with van der Waals surface area (Å²) in [6, 6.07) is 13.8. The number of hydrogen-bond acceptors (Lipinski definition) is 6. The van der Waals surface area contributed by atoms with Crippen LogP contribution in [0, 0.1) is 0 Å². The Bertz CT molecular complexity index is 833. The molecule has 3 aromatic rings. The highest BCUT2D eigenvalue weighted by atomic mass is 32.1. The Morgan fingerprint density at radius 1 is 1.22 bits per heavy atom. The van der Waals surface area contributed by atoms with E-state index in [1.807, 2.05) is 59.7 Å². The van der Waals surface area contributed by atoms with E-state index < -0.39 is 0 Å². The zero-order valence-electron chi connectivity index (χ0n) is 15.6. The highest BCUT2D eigenvalue weighted by Gasteiger charge is 2.17. The molecule has 0 spiro atoms. The van der Waals surface area contributed by atoms with Gasteiger partial charge in [-0.3, -0.25) is 9.69 Å². The second-order valence-corrected chi connectivity index (χ2v) is 7.34. The highest BCUT2D eigenvalue weighted by Crippen LogP contribution is 2.23. The summed E-state index contributed by atoms with van der Waals surface area (Å²) in [7, 11) is 0. The first-order chi connectivity index (χ1) is 13.2. The number of aromatic nitrogens is 2. The average molecular weight is 385 g/mol. The van der Waals surface area contributed by atoms with Crippen molar-refractivity contribution in [2.75, 3.05) is 13.1 Å². The number of carbonyl (C=O) groups excluding carboxylic acids is 1. The molecule has 1 amide bonds. The Morgan fingerprint density at radius 2 is 2.04 bits per heavy atom. The summed E-state index contributed by atoms with van der Waals surface area (Å²) in [4.78, 5) is 15.5. The normalized spacial score (nSPS) is 12.3. The van der Waals surface area contributed by atoms with Crippen LogP contribution >= 0.6 is 11.3 Å². The molecule has 2 heterocycles. The van der Waals surface area contributed by atoms with Gasteiger partial charge in [0.15, 0.2) is 0 Å². The largest absolute Gasteiger partial charge is 0.419 e. The fraction of sp³-hybridized carbons (Fsp3) is 0.350. The van der Waals surface area contributed by atoms with Crippen LogP contribution in [0.5, 0.6) is 0 Å². The van der Waals surface area contributed by atoms with E-state index in [2.05, 4.69) is 22.4 Å². The molecule has 0 bridgehead atoms. The van der Waals surface area contributed by atoms with Crippen molar-refractivity contribution in [1.29, 1.82) is 0 Å². The molecule has 3 rings (SSSR count). The molecule has 1 aromatic carbocycles. The molecule has 1 unspecified atom stereocenters. The van der Waals surface area contributed by atoms with Gasteiger partial charge in [0.05, 0.1) is 24.0 Å². The smallest absolute Gasteiger partial charge is 0.257 e. The molecule has 142 valence electrons. The Balaban J connectivity index is 1.58. The van der Waals surface area contributed by atoms with Crippen molar-refractivity contribution in [2.45, 2.75) is 32.9 Å². The maximum atomic E-state index is 12.5. The van der Waals surface area contributed by atoms with Crippen LogP contribution in [0.3, 0.4) is 0 Å². The van der Waals surface area contributed by atoms with Crippen LogP contribution in [0.4, 0.5) is 0 Å². The van der Waals surface area contributed by atoms with Gasteiger partial charge in [-0.1, -0.05) is 43.3 Å². The molecule has 0 fully saturated rings. The van der Waals surface area contributed by atoms with Crippen molar-refractivity contribution in [1.82, 2.24) is 20.4 Å². The molecular formula is C20H24N4O2S. The monoisotopic (exact) mass is 384 g/mol. The van der Waals surface area contributed by atoms with Gasteiger partial charge >= 0.3 is 0 Å². The van der Waals surface area contributed by atoms with Crippen LogP contribution in [-0.4, -0.2) is 34.1 Å². The molecule has 0 saturated carbocycles. The molecule has 2 aromatic heterocycles. The topological polar surface area (TPSA) is 71.3 Å². The van der Waals surface area contributed by atoms with Crippen LogP contribution in [0.1, 0.15) is 37.8 Å². The number of carbonyl (C=O) groups is 1. The predicted molar refractivity (Wildman–Crippen MR) is 106 cm³/mol. The van der Waals surface area contributed by atoms with E-state index in [1.54, 1.807) is 11.3 Å². The number of amides is 1. The van der Waals surface area contributed by atoms with E-state index in [4.69, 9.17) is 4.42 Å². The van der Waals surface area contributed by atoms with Crippen molar-refractivity contribution in [3.63, 3.8) is 0 Å². The minimum atomic E-state index is -0.0315. The first-order valence-corrected chi connectivity index (χ1v) is 9.96. The third kappa shape index (κ3) is 5.48. The summed E-state index contributed by atoms with van der Waals surface area (Å²) < 4.78 is 5.75. The van der Waals surface area contributed by atoms with Crippen LogP contribution in [-0.2, 0) is 11.3 Å². The lowest BCUT2D eigenvalue weighted by atomic mass is 10.1. The average Bonchev–Trinajstić information content (AvgIpc) is 3.34. The van der Waals surface area contributed by atoms with Gasteiger partial charge in [0.1, 0.15) is 0 Å². The maximum Gasteiger partial charge on any atom is 0.257 e. The molecule has 0 aliphatic rings. The molecular weight excluding hydrogens is 360 g/mol. The fourth-order valence-electron chi connectivity index (χ4n) is 2.85. The van der Waals surface area contributed by atoms with Gasteiger partial charge in [-0.05, 0) is 36.9 Å². The first kappa shape index (κ1) is 19.3. The van der Waals surface area contributed by atoms with Crippen molar-refractivity contribution in [3.8, 4) is 10.8 Å². The second kappa shape index (κ2) is 9.43. The zero-order valence-corrected chi connectivity index (χ0v) is 16.4. The highest BCUT2D eigenvalue weighted by molar-refractivity contribution is 7.13. The van der Waals surface area contributed by atoms with Gasteiger partial charge in [0.25, 0.3) is 5.89 Å². The Labute approximate surface area is 163 Å². The first-order valence-electron chi connectivity index (χ1n) is 9.08. The van der Waals surface area contributed by atoms with E-state index >= 15 is 0 Å². The van der Waals surface area contributed by atoms with Gasteiger partial charge < -0.3 is 9.73 Å². The molecule has 1 N–H and O–H groups in total. The lowest BCUT2D eigenvalue weighted by molar-refractivity contribution is -0.123. The third-order valence-corrected chi connectivity index (χ3v) is 5.00. The molecule has 7 heteroatoms. The lowest BCUT2D eigenvalue weighted by Crippen LogP contribution is -2.38. The molecule has 0 saturated heterocycles. The minimum absolute atomic E-state index is 0.0159. The quantitative estimate of drug-likeness (QED) is 0.606. The van der Waals surface area contributed by atoms with E-state index in [9.17, 15) is 4.79 Å². The maximum absolute atomic E-state index is 12.5. The third-order valence-electron chi connectivity index (χ3n) is 4.14. The number of thiophene rings is 1. The van der Waals surface area contributed by atoms with Crippen molar-refractivity contribution in [2.24, 2.45) is 0 Å². The molecule has 0 radical (unpaired) electrons. The van der Waals surface area contributed by atoms with Crippen LogP contribution < -0.4 is 5.32 Å². The predicted octanol–water partition coefficient (Wildman–Crippen LogP) is 3.89. The summed E-state index contributed by atoms with van der Waals surface area (Å²) in [5.41, 5.74) is 1.09. The number of benzene rings is 1. The minimum Gasteiger partial charge on any atom is -0.419 e. The van der Waals surface area contributed by atoms with Gasteiger partial charge in [0, 0.05) is 0 Å². The number of nitrogens with one attached hydrogen (secondary N) is 1. The molecule has 0 aliphatic heterocycles. The number of rotatable bonds is 9. The van der Waals surface area contributed by atoms with Crippen molar-refractivity contribution < 1.29 is 9.21 Å².